The van der Waals surface area contributed by atoms with Crippen molar-refractivity contribution in [3.63, 3.8) is 0 Å². The van der Waals surface area contributed by atoms with Crippen molar-refractivity contribution in [3.8, 4) is 0 Å². The van der Waals surface area contributed by atoms with Gasteiger partial charge in [0.15, 0.2) is 0 Å². The third kappa shape index (κ3) is 4.42. The van der Waals surface area contributed by atoms with Crippen molar-refractivity contribution in [1.29, 1.82) is 0 Å². The first-order valence-corrected chi connectivity index (χ1v) is 7.59. The number of aromatic nitrogens is 2. The van der Waals surface area contributed by atoms with Crippen molar-refractivity contribution in [1.82, 2.24) is 15.3 Å². The summed E-state index contributed by atoms with van der Waals surface area (Å²) in [4.78, 5) is 11.4. The van der Waals surface area contributed by atoms with Crippen LogP contribution in [0.2, 0.25) is 0 Å². The molecule has 5 heteroatoms. The summed E-state index contributed by atoms with van der Waals surface area (Å²) in [5.41, 5.74) is 1.01. The van der Waals surface area contributed by atoms with E-state index >= 15 is 0 Å². The molecule has 1 aromatic heterocycles. The maximum Gasteiger partial charge on any atom is 0.147 e. The van der Waals surface area contributed by atoms with Gasteiger partial charge < -0.3 is 15.0 Å². The van der Waals surface area contributed by atoms with Gasteiger partial charge in [-0.05, 0) is 31.7 Å². The Morgan fingerprint density at radius 1 is 1.40 bits per heavy atom. The molecule has 2 heterocycles. The zero-order valence-corrected chi connectivity index (χ0v) is 12.6. The van der Waals surface area contributed by atoms with Gasteiger partial charge in [0.1, 0.15) is 5.82 Å². The second kappa shape index (κ2) is 8.17. The summed E-state index contributed by atoms with van der Waals surface area (Å²) >= 11 is 0. The van der Waals surface area contributed by atoms with E-state index in [4.69, 9.17) is 4.74 Å². The lowest BCUT2D eigenvalue weighted by atomic mass is 9.99. The molecule has 0 amide bonds. The van der Waals surface area contributed by atoms with E-state index in [1.807, 2.05) is 12.4 Å². The van der Waals surface area contributed by atoms with Gasteiger partial charge in [-0.15, -0.1) is 0 Å². The second-order valence-corrected chi connectivity index (χ2v) is 5.45. The van der Waals surface area contributed by atoms with E-state index in [2.05, 4.69) is 27.1 Å². The minimum Gasteiger partial charge on any atom is -0.384 e. The molecule has 0 spiro atoms. The molecule has 5 nitrogen and oxygen atoms in total. The van der Waals surface area contributed by atoms with Gasteiger partial charge in [0.25, 0.3) is 0 Å². The topological polar surface area (TPSA) is 50.3 Å². The Hall–Kier alpha value is -1.20. The first-order chi connectivity index (χ1) is 9.83. The SMILES string of the molecule is CCCNCc1cnc(N2CCCC(COC)C2)cn1. The fourth-order valence-electron chi connectivity index (χ4n) is 2.64. The molecule has 1 atom stereocenters. The summed E-state index contributed by atoms with van der Waals surface area (Å²) in [5, 5.41) is 3.34. The normalized spacial score (nSPS) is 19.3. The smallest absolute Gasteiger partial charge is 0.147 e. The summed E-state index contributed by atoms with van der Waals surface area (Å²) < 4.78 is 5.27. The lowest BCUT2D eigenvalue weighted by molar-refractivity contribution is 0.143. The minimum absolute atomic E-state index is 0.612. The summed E-state index contributed by atoms with van der Waals surface area (Å²) in [6.07, 6.45) is 7.38. The van der Waals surface area contributed by atoms with E-state index in [0.717, 1.165) is 50.7 Å². The van der Waals surface area contributed by atoms with Crippen molar-refractivity contribution < 1.29 is 4.74 Å². The number of anilines is 1. The van der Waals surface area contributed by atoms with Crippen LogP contribution < -0.4 is 10.2 Å². The van der Waals surface area contributed by atoms with Gasteiger partial charge in [0.05, 0.1) is 24.7 Å². The first-order valence-electron chi connectivity index (χ1n) is 7.59. The number of piperidine rings is 1. The predicted molar refractivity (Wildman–Crippen MR) is 80.8 cm³/mol. The number of nitrogens with one attached hydrogen (secondary N) is 1. The molecule has 112 valence electrons. The van der Waals surface area contributed by atoms with Crippen LogP contribution in [-0.2, 0) is 11.3 Å². The Bertz CT molecular complexity index is 380. The fourth-order valence-corrected chi connectivity index (χ4v) is 2.64. The third-order valence-corrected chi connectivity index (χ3v) is 3.67. The molecule has 0 saturated carbocycles. The van der Waals surface area contributed by atoms with Crippen LogP contribution in [0.25, 0.3) is 0 Å². The van der Waals surface area contributed by atoms with Crippen molar-refractivity contribution in [2.45, 2.75) is 32.7 Å². The molecular weight excluding hydrogens is 252 g/mol. The maximum atomic E-state index is 5.27. The molecule has 1 unspecified atom stereocenters. The lowest BCUT2D eigenvalue weighted by Crippen LogP contribution is -2.37. The maximum absolute atomic E-state index is 5.27. The van der Waals surface area contributed by atoms with Crippen molar-refractivity contribution in [3.05, 3.63) is 18.1 Å². The molecule has 20 heavy (non-hydrogen) atoms. The lowest BCUT2D eigenvalue weighted by Gasteiger charge is -2.33. The third-order valence-electron chi connectivity index (χ3n) is 3.67. The van der Waals surface area contributed by atoms with Gasteiger partial charge in [-0.25, -0.2) is 4.98 Å². The van der Waals surface area contributed by atoms with Gasteiger partial charge in [0, 0.05) is 26.7 Å². The molecule has 0 radical (unpaired) electrons. The fraction of sp³-hybridized carbons (Fsp3) is 0.733. The highest BCUT2D eigenvalue weighted by Gasteiger charge is 2.20. The molecule has 1 fully saturated rings. The first kappa shape index (κ1) is 15.2. The van der Waals surface area contributed by atoms with E-state index < -0.39 is 0 Å². The largest absolute Gasteiger partial charge is 0.384 e. The zero-order chi connectivity index (χ0) is 14.2. The number of nitrogens with zero attached hydrogens (tertiary/aromatic N) is 3. The average molecular weight is 278 g/mol. The van der Waals surface area contributed by atoms with E-state index in [-0.39, 0.29) is 0 Å². The number of rotatable bonds is 7. The number of methoxy groups -OCH3 is 1. The van der Waals surface area contributed by atoms with Crippen LogP contribution in [0.3, 0.4) is 0 Å². The minimum atomic E-state index is 0.612. The molecule has 1 aromatic rings. The van der Waals surface area contributed by atoms with E-state index in [1.54, 1.807) is 7.11 Å². The van der Waals surface area contributed by atoms with Gasteiger partial charge in [-0.1, -0.05) is 6.92 Å². The molecule has 0 aliphatic carbocycles. The van der Waals surface area contributed by atoms with Gasteiger partial charge in [0.2, 0.25) is 0 Å². The second-order valence-electron chi connectivity index (χ2n) is 5.45. The molecular formula is C15H26N4O. The molecule has 1 N–H and O–H groups in total. The van der Waals surface area contributed by atoms with Crippen molar-refractivity contribution in [2.75, 3.05) is 38.3 Å². The van der Waals surface area contributed by atoms with Gasteiger partial charge in [-0.2, -0.15) is 0 Å². The van der Waals surface area contributed by atoms with E-state index in [0.29, 0.717) is 5.92 Å². The summed E-state index contributed by atoms with van der Waals surface area (Å²) in [6, 6.07) is 0. The summed E-state index contributed by atoms with van der Waals surface area (Å²) in [5.74, 6) is 1.60. The van der Waals surface area contributed by atoms with Crippen LogP contribution in [-0.4, -0.2) is 43.3 Å². The van der Waals surface area contributed by atoms with E-state index in [1.165, 1.54) is 12.8 Å². The van der Waals surface area contributed by atoms with Gasteiger partial charge in [-0.3, -0.25) is 4.98 Å². The molecule has 0 aromatic carbocycles. The summed E-state index contributed by atoms with van der Waals surface area (Å²) in [7, 11) is 1.77. The number of ether oxygens (including phenoxy) is 1. The Morgan fingerprint density at radius 3 is 3.00 bits per heavy atom. The van der Waals surface area contributed by atoms with Crippen LogP contribution in [0.1, 0.15) is 31.9 Å². The number of hydrogen-bond donors (Lipinski definition) is 1. The predicted octanol–water partition coefficient (Wildman–Crippen LogP) is 1.84. The van der Waals surface area contributed by atoms with Crippen LogP contribution in [0.15, 0.2) is 12.4 Å². The Labute approximate surface area is 121 Å². The molecule has 1 saturated heterocycles. The Morgan fingerprint density at radius 2 is 2.30 bits per heavy atom. The van der Waals surface area contributed by atoms with Crippen LogP contribution in [0, 0.1) is 5.92 Å². The van der Waals surface area contributed by atoms with Gasteiger partial charge >= 0.3 is 0 Å². The highest BCUT2D eigenvalue weighted by Crippen LogP contribution is 2.21. The van der Waals surface area contributed by atoms with E-state index in [9.17, 15) is 0 Å². The van der Waals surface area contributed by atoms with Crippen LogP contribution >= 0.6 is 0 Å². The average Bonchev–Trinajstić information content (AvgIpc) is 2.49. The van der Waals surface area contributed by atoms with Crippen molar-refractivity contribution >= 4 is 5.82 Å². The van der Waals surface area contributed by atoms with Crippen LogP contribution in [0.5, 0.6) is 0 Å². The monoisotopic (exact) mass is 278 g/mol. The standard InChI is InChI=1S/C15H26N4O/c1-3-6-16-8-14-9-18-15(10-17-14)19-7-4-5-13(11-19)12-20-2/h9-10,13,16H,3-8,11-12H2,1-2H3. The molecule has 2 rings (SSSR count). The zero-order valence-electron chi connectivity index (χ0n) is 12.6. The Balaban J connectivity index is 1.88. The Kier molecular flexibility index (Phi) is 6.21. The highest BCUT2D eigenvalue weighted by atomic mass is 16.5. The quantitative estimate of drug-likeness (QED) is 0.771. The molecule has 1 aliphatic rings. The molecule has 1 aliphatic heterocycles. The molecule has 0 bridgehead atoms. The summed E-state index contributed by atoms with van der Waals surface area (Å²) in [6.45, 7) is 6.91. The van der Waals surface area contributed by atoms with Crippen LogP contribution in [0.4, 0.5) is 5.82 Å². The number of hydrogen-bond acceptors (Lipinski definition) is 5. The highest BCUT2D eigenvalue weighted by molar-refractivity contribution is 5.36. The van der Waals surface area contributed by atoms with Crippen molar-refractivity contribution in [2.24, 2.45) is 5.92 Å².